The van der Waals surface area contributed by atoms with E-state index >= 15 is 0 Å². The van der Waals surface area contributed by atoms with Crippen molar-refractivity contribution in [1.82, 2.24) is 5.32 Å². The fourth-order valence-electron chi connectivity index (χ4n) is 2.36. The van der Waals surface area contributed by atoms with Crippen LogP contribution in [0.25, 0.3) is 0 Å². The van der Waals surface area contributed by atoms with Gasteiger partial charge in [-0.15, -0.1) is 0 Å². The molecule has 1 aromatic rings. The minimum atomic E-state index is -0.677. The Labute approximate surface area is 127 Å². The number of amides is 1. The highest BCUT2D eigenvalue weighted by Gasteiger charge is 2.36. The van der Waals surface area contributed by atoms with Gasteiger partial charge in [-0.2, -0.15) is 0 Å². The lowest BCUT2D eigenvalue weighted by molar-refractivity contribution is -0.124. The molecule has 1 amide bonds. The van der Waals surface area contributed by atoms with Crippen molar-refractivity contribution in [1.29, 1.82) is 0 Å². The Morgan fingerprint density at radius 1 is 1.38 bits per heavy atom. The zero-order valence-electron chi connectivity index (χ0n) is 13.0. The fourth-order valence-corrected chi connectivity index (χ4v) is 2.36. The molecule has 1 aliphatic carbocycles. The number of rotatable bonds is 9. The summed E-state index contributed by atoms with van der Waals surface area (Å²) in [6, 6.07) is 8.60. The summed E-state index contributed by atoms with van der Waals surface area (Å²) < 4.78 is 5.74. The van der Waals surface area contributed by atoms with Gasteiger partial charge in [-0.05, 0) is 43.9 Å². The van der Waals surface area contributed by atoms with E-state index in [2.05, 4.69) is 24.4 Å². The van der Waals surface area contributed by atoms with Gasteiger partial charge in [-0.25, -0.2) is 0 Å². The maximum Gasteiger partial charge on any atom is 0.237 e. The molecule has 4 nitrogen and oxygen atoms in total. The number of nitrogens with one attached hydrogen (secondary N) is 1. The molecule has 0 aromatic heterocycles. The largest absolute Gasteiger partial charge is 0.494 e. The van der Waals surface area contributed by atoms with Crippen LogP contribution in [0.3, 0.4) is 0 Å². The predicted octanol–water partition coefficient (Wildman–Crippen LogP) is 2.40. The van der Waals surface area contributed by atoms with E-state index in [1.807, 2.05) is 19.1 Å². The van der Waals surface area contributed by atoms with E-state index in [1.165, 1.54) is 5.56 Å². The van der Waals surface area contributed by atoms with Crippen molar-refractivity contribution in [3.63, 3.8) is 0 Å². The second kappa shape index (κ2) is 6.94. The molecule has 1 aromatic carbocycles. The van der Waals surface area contributed by atoms with E-state index in [0.29, 0.717) is 19.1 Å². The lowest BCUT2D eigenvalue weighted by atomic mass is 9.97. The molecule has 1 fully saturated rings. The maximum atomic E-state index is 11.6. The van der Waals surface area contributed by atoms with E-state index in [0.717, 1.165) is 31.4 Å². The van der Waals surface area contributed by atoms with Crippen LogP contribution >= 0.6 is 0 Å². The first-order chi connectivity index (χ1) is 10.0. The van der Waals surface area contributed by atoms with Crippen molar-refractivity contribution in [3.05, 3.63) is 29.8 Å². The fraction of sp³-hybridized carbons (Fsp3) is 0.588. The van der Waals surface area contributed by atoms with E-state index in [1.54, 1.807) is 0 Å². The standard InChI is InChI=1S/C17H26N2O2/c1-3-4-13-5-9-15(10-6-13)21-12-11-17(2,16(18)20)19-14-7-8-14/h5-6,9-10,14,19H,3-4,7-8,11-12H2,1-2H3,(H2,18,20). The van der Waals surface area contributed by atoms with Gasteiger partial charge in [0.05, 0.1) is 12.1 Å². The third-order valence-corrected chi connectivity index (χ3v) is 3.98. The Morgan fingerprint density at radius 2 is 2.05 bits per heavy atom. The number of benzene rings is 1. The molecule has 1 unspecified atom stereocenters. The Kier molecular flexibility index (Phi) is 5.23. The van der Waals surface area contributed by atoms with Gasteiger partial charge in [0, 0.05) is 12.5 Å². The normalized spacial score (nSPS) is 17.2. The molecule has 1 saturated carbocycles. The Bertz CT molecular complexity index is 468. The number of carbonyl (C=O) groups is 1. The maximum absolute atomic E-state index is 11.6. The van der Waals surface area contributed by atoms with E-state index in [9.17, 15) is 4.79 Å². The van der Waals surface area contributed by atoms with Gasteiger partial charge in [-0.3, -0.25) is 4.79 Å². The monoisotopic (exact) mass is 290 g/mol. The Hall–Kier alpha value is -1.55. The number of aryl methyl sites for hydroxylation is 1. The van der Waals surface area contributed by atoms with Crippen molar-refractivity contribution >= 4 is 5.91 Å². The number of ether oxygens (including phenoxy) is 1. The molecule has 0 spiro atoms. The summed E-state index contributed by atoms with van der Waals surface area (Å²) in [7, 11) is 0. The van der Waals surface area contributed by atoms with Crippen LogP contribution < -0.4 is 15.8 Å². The molecule has 1 aliphatic rings. The van der Waals surface area contributed by atoms with Gasteiger partial charge in [0.25, 0.3) is 0 Å². The number of carbonyl (C=O) groups excluding carboxylic acids is 1. The molecule has 0 radical (unpaired) electrons. The first kappa shape index (κ1) is 15.8. The molecule has 0 bridgehead atoms. The van der Waals surface area contributed by atoms with Crippen molar-refractivity contribution in [2.75, 3.05) is 6.61 Å². The van der Waals surface area contributed by atoms with Crippen LogP contribution in [-0.2, 0) is 11.2 Å². The quantitative estimate of drug-likeness (QED) is 0.734. The van der Waals surface area contributed by atoms with Crippen molar-refractivity contribution in [2.24, 2.45) is 5.73 Å². The SMILES string of the molecule is CCCc1ccc(OCCC(C)(NC2CC2)C(N)=O)cc1. The lowest BCUT2D eigenvalue weighted by Gasteiger charge is -2.27. The summed E-state index contributed by atoms with van der Waals surface area (Å²) in [5.74, 6) is 0.532. The molecule has 21 heavy (non-hydrogen) atoms. The molecule has 2 rings (SSSR count). The van der Waals surface area contributed by atoms with E-state index in [4.69, 9.17) is 10.5 Å². The third kappa shape index (κ3) is 4.74. The minimum Gasteiger partial charge on any atom is -0.494 e. The highest BCUT2D eigenvalue weighted by molar-refractivity contribution is 5.84. The molecule has 1 atom stereocenters. The number of nitrogens with two attached hydrogens (primary N) is 1. The molecule has 3 N–H and O–H groups in total. The average Bonchev–Trinajstić information content (AvgIpc) is 3.25. The summed E-state index contributed by atoms with van der Waals surface area (Å²) in [5, 5.41) is 3.32. The Morgan fingerprint density at radius 3 is 2.57 bits per heavy atom. The summed E-state index contributed by atoms with van der Waals surface area (Å²) in [6.45, 7) is 4.51. The predicted molar refractivity (Wildman–Crippen MR) is 84.3 cm³/mol. The van der Waals surface area contributed by atoms with Gasteiger partial charge in [0.2, 0.25) is 5.91 Å². The first-order valence-electron chi connectivity index (χ1n) is 7.83. The van der Waals surface area contributed by atoms with Crippen LogP contribution in [0.1, 0.15) is 45.1 Å². The first-order valence-corrected chi connectivity index (χ1v) is 7.83. The Balaban J connectivity index is 1.82. The van der Waals surface area contributed by atoms with Crippen LogP contribution in [0.5, 0.6) is 5.75 Å². The van der Waals surface area contributed by atoms with Crippen LogP contribution in [0, 0.1) is 0 Å². The molecule has 0 saturated heterocycles. The molecular formula is C17H26N2O2. The topological polar surface area (TPSA) is 64.3 Å². The van der Waals surface area contributed by atoms with Crippen molar-refractivity contribution in [3.8, 4) is 5.75 Å². The zero-order valence-corrected chi connectivity index (χ0v) is 13.0. The zero-order chi connectivity index (χ0) is 15.3. The summed E-state index contributed by atoms with van der Waals surface area (Å²) >= 11 is 0. The average molecular weight is 290 g/mol. The van der Waals surface area contributed by atoms with Gasteiger partial charge in [0.15, 0.2) is 0 Å². The van der Waals surface area contributed by atoms with Gasteiger partial charge >= 0.3 is 0 Å². The van der Waals surface area contributed by atoms with E-state index in [-0.39, 0.29) is 5.91 Å². The lowest BCUT2D eigenvalue weighted by Crippen LogP contribution is -2.54. The highest BCUT2D eigenvalue weighted by Crippen LogP contribution is 2.24. The molecule has 4 heteroatoms. The smallest absolute Gasteiger partial charge is 0.237 e. The van der Waals surface area contributed by atoms with Gasteiger partial charge in [-0.1, -0.05) is 25.5 Å². The molecule has 0 heterocycles. The molecule has 0 aliphatic heterocycles. The van der Waals surface area contributed by atoms with E-state index < -0.39 is 5.54 Å². The number of hydrogen-bond acceptors (Lipinski definition) is 3. The van der Waals surface area contributed by atoms with Gasteiger partial charge < -0.3 is 15.8 Å². The second-order valence-corrected chi connectivity index (χ2v) is 6.11. The van der Waals surface area contributed by atoms with Crippen molar-refractivity contribution in [2.45, 2.75) is 57.5 Å². The minimum absolute atomic E-state index is 0.309. The van der Waals surface area contributed by atoms with Crippen molar-refractivity contribution < 1.29 is 9.53 Å². The van der Waals surface area contributed by atoms with Crippen LogP contribution in [0.15, 0.2) is 24.3 Å². The van der Waals surface area contributed by atoms with Crippen LogP contribution in [0.2, 0.25) is 0 Å². The molecular weight excluding hydrogens is 264 g/mol. The third-order valence-electron chi connectivity index (χ3n) is 3.98. The van der Waals surface area contributed by atoms with Crippen LogP contribution in [0.4, 0.5) is 0 Å². The van der Waals surface area contributed by atoms with Crippen LogP contribution in [-0.4, -0.2) is 24.1 Å². The summed E-state index contributed by atoms with van der Waals surface area (Å²) in [4.78, 5) is 11.6. The number of primary amides is 1. The summed E-state index contributed by atoms with van der Waals surface area (Å²) in [6.07, 6.45) is 5.07. The number of hydrogen-bond donors (Lipinski definition) is 2. The second-order valence-electron chi connectivity index (χ2n) is 6.11. The summed E-state index contributed by atoms with van der Waals surface area (Å²) in [5.41, 5.74) is 6.17. The molecule has 116 valence electrons. The highest BCUT2D eigenvalue weighted by atomic mass is 16.5. The van der Waals surface area contributed by atoms with Gasteiger partial charge in [0.1, 0.15) is 5.75 Å².